The maximum Gasteiger partial charge on any atom is 0.261 e. The summed E-state index contributed by atoms with van der Waals surface area (Å²) in [5.74, 6) is -0.201. The van der Waals surface area contributed by atoms with Gasteiger partial charge in [0, 0.05) is 25.2 Å². The van der Waals surface area contributed by atoms with Gasteiger partial charge in [-0.1, -0.05) is 6.07 Å². The molecule has 5 nitrogen and oxygen atoms in total. The van der Waals surface area contributed by atoms with Gasteiger partial charge < -0.3 is 15.5 Å². The lowest BCUT2D eigenvalue weighted by Gasteiger charge is -2.39. The van der Waals surface area contributed by atoms with Crippen LogP contribution in [0.2, 0.25) is 0 Å². The Kier molecular flexibility index (Phi) is 4.77. The Balaban J connectivity index is 1.96. The van der Waals surface area contributed by atoms with Crippen LogP contribution in [0.4, 0.5) is 0 Å². The molecule has 2 amide bonds. The van der Waals surface area contributed by atoms with E-state index >= 15 is 0 Å². The van der Waals surface area contributed by atoms with Gasteiger partial charge in [0.2, 0.25) is 5.91 Å². The highest BCUT2D eigenvalue weighted by Gasteiger charge is 2.31. The third-order valence-electron chi connectivity index (χ3n) is 3.78. The van der Waals surface area contributed by atoms with Crippen molar-refractivity contribution in [1.29, 1.82) is 0 Å². The van der Waals surface area contributed by atoms with Crippen LogP contribution < -0.4 is 10.6 Å². The minimum atomic E-state index is -0.502. The van der Waals surface area contributed by atoms with Crippen molar-refractivity contribution >= 4 is 23.2 Å². The Labute approximate surface area is 123 Å². The van der Waals surface area contributed by atoms with Gasteiger partial charge in [0.15, 0.2) is 0 Å². The number of rotatable bonds is 3. The highest BCUT2D eigenvalue weighted by Crippen LogP contribution is 2.12. The highest BCUT2D eigenvalue weighted by molar-refractivity contribution is 7.12. The first kappa shape index (κ1) is 15.0. The number of piperazine rings is 1. The first-order chi connectivity index (χ1) is 9.50. The molecular formula is C14H21N3O2S. The molecule has 2 N–H and O–H groups in total. The van der Waals surface area contributed by atoms with Crippen molar-refractivity contribution in [3.63, 3.8) is 0 Å². The van der Waals surface area contributed by atoms with Gasteiger partial charge in [-0.2, -0.15) is 0 Å². The van der Waals surface area contributed by atoms with Gasteiger partial charge in [-0.05, 0) is 32.2 Å². The summed E-state index contributed by atoms with van der Waals surface area (Å²) in [5, 5.41) is 7.96. The molecule has 1 aromatic heterocycles. The Morgan fingerprint density at radius 1 is 1.50 bits per heavy atom. The largest absolute Gasteiger partial charge is 0.340 e. The van der Waals surface area contributed by atoms with Crippen LogP contribution in [0.1, 0.15) is 30.4 Å². The predicted octanol–water partition coefficient (Wildman–Crippen LogP) is 1.08. The number of carbonyl (C=O) groups is 2. The van der Waals surface area contributed by atoms with Crippen molar-refractivity contribution in [2.75, 3.05) is 13.1 Å². The zero-order valence-electron chi connectivity index (χ0n) is 12.1. The van der Waals surface area contributed by atoms with Crippen LogP contribution >= 0.6 is 11.3 Å². The zero-order chi connectivity index (χ0) is 14.7. The maximum absolute atomic E-state index is 12.4. The molecule has 2 rings (SSSR count). The molecule has 0 aromatic carbocycles. The summed E-state index contributed by atoms with van der Waals surface area (Å²) >= 11 is 1.37. The molecule has 3 atom stereocenters. The fourth-order valence-corrected chi connectivity index (χ4v) is 2.98. The fraction of sp³-hybridized carbons (Fsp3) is 0.571. The molecule has 1 saturated heterocycles. The second-order valence-electron chi connectivity index (χ2n) is 5.19. The van der Waals surface area contributed by atoms with Crippen LogP contribution in [-0.4, -0.2) is 47.9 Å². The van der Waals surface area contributed by atoms with Gasteiger partial charge in [0.25, 0.3) is 5.91 Å². The second-order valence-corrected chi connectivity index (χ2v) is 6.14. The van der Waals surface area contributed by atoms with Crippen molar-refractivity contribution in [3.05, 3.63) is 22.4 Å². The lowest BCUT2D eigenvalue weighted by Crippen LogP contribution is -2.60. The Hall–Kier alpha value is -1.40. The number of nitrogens with one attached hydrogen (secondary N) is 2. The van der Waals surface area contributed by atoms with E-state index in [0.29, 0.717) is 11.4 Å². The highest BCUT2D eigenvalue weighted by atomic mass is 32.1. The number of thiophene rings is 1. The van der Waals surface area contributed by atoms with Crippen molar-refractivity contribution < 1.29 is 9.59 Å². The molecule has 0 spiro atoms. The first-order valence-electron chi connectivity index (χ1n) is 6.89. The van der Waals surface area contributed by atoms with Crippen LogP contribution in [0.25, 0.3) is 0 Å². The van der Waals surface area contributed by atoms with Crippen molar-refractivity contribution in [3.8, 4) is 0 Å². The molecular weight excluding hydrogens is 274 g/mol. The van der Waals surface area contributed by atoms with E-state index in [4.69, 9.17) is 0 Å². The van der Waals surface area contributed by atoms with Crippen LogP contribution in [0.15, 0.2) is 17.5 Å². The van der Waals surface area contributed by atoms with Gasteiger partial charge in [-0.3, -0.25) is 9.59 Å². The van der Waals surface area contributed by atoms with E-state index in [2.05, 4.69) is 17.6 Å². The Morgan fingerprint density at radius 3 is 2.90 bits per heavy atom. The average molecular weight is 295 g/mol. The number of hydrogen-bond donors (Lipinski definition) is 2. The monoisotopic (exact) mass is 295 g/mol. The van der Waals surface area contributed by atoms with Gasteiger partial charge >= 0.3 is 0 Å². The average Bonchev–Trinajstić information content (AvgIpc) is 2.95. The molecule has 0 radical (unpaired) electrons. The summed E-state index contributed by atoms with van der Waals surface area (Å²) in [6, 6.07) is 3.49. The third-order valence-corrected chi connectivity index (χ3v) is 4.65. The first-order valence-corrected chi connectivity index (χ1v) is 7.77. The van der Waals surface area contributed by atoms with Crippen LogP contribution in [0, 0.1) is 0 Å². The lowest BCUT2D eigenvalue weighted by molar-refractivity contribution is -0.136. The zero-order valence-corrected chi connectivity index (χ0v) is 12.9. The van der Waals surface area contributed by atoms with E-state index in [9.17, 15) is 9.59 Å². The van der Waals surface area contributed by atoms with Crippen LogP contribution in [0.3, 0.4) is 0 Å². The van der Waals surface area contributed by atoms with E-state index < -0.39 is 6.04 Å². The molecule has 110 valence electrons. The molecule has 0 aliphatic carbocycles. The molecule has 1 fully saturated rings. The summed E-state index contributed by atoms with van der Waals surface area (Å²) < 4.78 is 0. The molecule has 20 heavy (non-hydrogen) atoms. The minimum Gasteiger partial charge on any atom is -0.340 e. The minimum absolute atomic E-state index is 0.0178. The molecule has 6 heteroatoms. The number of hydrogen-bond acceptors (Lipinski definition) is 4. The summed E-state index contributed by atoms with van der Waals surface area (Å²) in [6.07, 6.45) is 0. The van der Waals surface area contributed by atoms with Crippen molar-refractivity contribution in [2.24, 2.45) is 0 Å². The standard InChI is InChI=1S/C14H21N3O2S/c1-9-11(3)17(7-6-15-9)14(19)10(2)16-13(18)12-5-4-8-20-12/h4-5,8-11,15H,6-7H2,1-3H3,(H,16,18). The lowest BCUT2D eigenvalue weighted by atomic mass is 10.1. The quantitative estimate of drug-likeness (QED) is 0.877. The molecule has 0 bridgehead atoms. The van der Waals surface area contributed by atoms with Gasteiger partial charge in [-0.15, -0.1) is 11.3 Å². The third kappa shape index (κ3) is 3.19. The molecule has 1 aliphatic heterocycles. The normalized spacial score (nSPS) is 24.2. The molecule has 1 aliphatic rings. The summed E-state index contributed by atoms with van der Waals surface area (Å²) in [7, 11) is 0. The Bertz CT molecular complexity index is 475. The summed E-state index contributed by atoms with van der Waals surface area (Å²) in [6.45, 7) is 7.32. The smallest absolute Gasteiger partial charge is 0.261 e. The van der Waals surface area contributed by atoms with Crippen molar-refractivity contribution in [1.82, 2.24) is 15.5 Å². The summed E-state index contributed by atoms with van der Waals surface area (Å²) in [4.78, 5) is 26.9. The van der Waals surface area contributed by atoms with Crippen molar-refractivity contribution in [2.45, 2.75) is 38.9 Å². The Morgan fingerprint density at radius 2 is 2.25 bits per heavy atom. The predicted molar refractivity (Wildman–Crippen MR) is 79.9 cm³/mol. The van der Waals surface area contributed by atoms with E-state index in [1.807, 2.05) is 23.3 Å². The summed E-state index contributed by atoms with van der Waals surface area (Å²) in [5.41, 5.74) is 0. The van der Waals surface area contributed by atoms with E-state index in [-0.39, 0.29) is 23.9 Å². The van der Waals surface area contributed by atoms with E-state index in [0.717, 1.165) is 6.54 Å². The molecule has 2 heterocycles. The van der Waals surface area contributed by atoms with Crippen LogP contribution in [-0.2, 0) is 4.79 Å². The maximum atomic E-state index is 12.4. The molecule has 3 unspecified atom stereocenters. The number of nitrogens with zero attached hydrogens (tertiary/aromatic N) is 1. The topological polar surface area (TPSA) is 61.4 Å². The molecule has 0 saturated carbocycles. The number of amides is 2. The van der Waals surface area contributed by atoms with Gasteiger partial charge in [0.05, 0.1) is 4.88 Å². The molecule has 1 aromatic rings. The van der Waals surface area contributed by atoms with E-state index in [1.165, 1.54) is 11.3 Å². The fourth-order valence-electron chi connectivity index (χ4n) is 2.35. The van der Waals surface area contributed by atoms with Gasteiger partial charge in [-0.25, -0.2) is 0 Å². The van der Waals surface area contributed by atoms with E-state index in [1.54, 1.807) is 13.0 Å². The number of carbonyl (C=O) groups excluding carboxylic acids is 2. The van der Waals surface area contributed by atoms with Gasteiger partial charge in [0.1, 0.15) is 6.04 Å². The SMILES string of the molecule is CC(NC(=O)c1cccs1)C(=O)N1CCNC(C)C1C. The second kappa shape index (κ2) is 6.37. The van der Waals surface area contributed by atoms with Crippen LogP contribution in [0.5, 0.6) is 0 Å².